The Morgan fingerprint density at radius 1 is 1.42 bits per heavy atom. The fourth-order valence-electron chi connectivity index (χ4n) is 1.66. The summed E-state index contributed by atoms with van der Waals surface area (Å²) in [6.07, 6.45) is 3.54. The number of esters is 1. The minimum atomic E-state index is -0.500. The van der Waals surface area contributed by atoms with Crippen molar-refractivity contribution in [2.45, 2.75) is 11.8 Å². The second-order valence-corrected chi connectivity index (χ2v) is 4.65. The number of hydrogen-bond acceptors (Lipinski definition) is 5. The van der Waals surface area contributed by atoms with E-state index in [0.717, 1.165) is 10.6 Å². The molecule has 0 amide bonds. The highest BCUT2D eigenvalue weighted by Crippen LogP contribution is 2.21. The van der Waals surface area contributed by atoms with E-state index in [2.05, 4.69) is 4.98 Å². The first-order valence-electron chi connectivity index (χ1n) is 5.81. The van der Waals surface area contributed by atoms with Gasteiger partial charge in [0, 0.05) is 10.6 Å². The summed E-state index contributed by atoms with van der Waals surface area (Å²) in [7, 11) is 0. The number of ether oxygens (including phenoxy) is 1. The molecule has 100 valence electrons. The second-order valence-electron chi connectivity index (χ2n) is 3.77. The predicted molar refractivity (Wildman–Crippen MR) is 75.7 cm³/mol. The van der Waals surface area contributed by atoms with Crippen molar-refractivity contribution in [3.63, 3.8) is 0 Å². The molecule has 2 rings (SSSR count). The molecule has 1 heterocycles. The Labute approximate surface area is 115 Å². The normalized spacial score (nSPS) is 10.4. The van der Waals surface area contributed by atoms with E-state index in [0.29, 0.717) is 6.61 Å². The Balaban J connectivity index is 2.32. The van der Waals surface area contributed by atoms with Crippen molar-refractivity contribution in [1.29, 1.82) is 0 Å². The van der Waals surface area contributed by atoms with Crippen LogP contribution in [-0.4, -0.2) is 28.4 Å². The van der Waals surface area contributed by atoms with E-state index in [1.165, 1.54) is 6.33 Å². The first-order valence-corrected chi connectivity index (χ1v) is 7.04. The number of imidazole rings is 1. The third kappa shape index (κ3) is 2.73. The standard InChI is InChI=1S/C13H15N3O2S/c1-3-18-13(17)11-12(14)16(8-15-11)9-4-6-10(19-2)7-5-9/h4-8H,3,14H2,1-2H3. The highest BCUT2D eigenvalue weighted by Gasteiger charge is 2.17. The molecular weight excluding hydrogens is 262 g/mol. The summed E-state index contributed by atoms with van der Waals surface area (Å²) in [6, 6.07) is 7.84. The van der Waals surface area contributed by atoms with Gasteiger partial charge in [-0.15, -0.1) is 11.8 Å². The van der Waals surface area contributed by atoms with Crippen LogP contribution in [0, 0.1) is 0 Å². The van der Waals surface area contributed by atoms with Crippen LogP contribution in [0.2, 0.25) is 0 Å². The Bertz CT molecular complexity index is 578. The first-order chi connectivity index (χ1) is 9.17. The van der Waals surface area contributed by atoms with E-state index in [1.54, 1.807) is 23.3 Å². The molecule has 6 heteroatoms. The van der Waals surface area contributed by atoms with Crippen LogP contribution in [0.4, 0.5) is 5.82 Å². The fraction of sp³-hybridized carbons (Fsp3) is 0.231. The Morgan fingerprint density at radius 2 is 2.11 bits per heavy atom. The quantitative estimate of drug-likeness (QED) is 0.686. The van der Waals surface area contributed by atoms with Crippen molar-refractivity contribution in [1.82, 2.24) is 9.55 Å². The predicted octanol–water partition coefficient (Wildman–Crippen LogP) is 2.35. The summed E-state index contributed by atoms with van der Waals surface area (Å²) in [4.78, 5) is 16.8. The molecule has 0 aliphatic rings. The van der Waals surface area contributed by atoms with E-state index in [1.807, 2.05) is 30.5 Å². The van der Waals surface area contributed by atoms with Crippen molar-refractivity contribution in [3.05, 3.63) is 36.3 Å². The van der Waals surface area contributed by atoms with Gasteiger partial charge in [0.25, 0.3) is 0 Å². The number of anilines is 1. The number of thioether (sulfide) groups is 1. The summed E-state index contributed by atoms with van der Waals surface area (Å²) in [6.45, 7) is 2.04. The van der Waals surface area contributed by atoms with Crippen molar-refractivity contribution in [2.24, 2.45) is 0 Å². The molecule has 0 saturated heterocycles. The number of carbonyl (C=O) groups is 1. The lowest BCUT2D eigenvalue weighted by Gasteiger charge is -2.06. The van der Waals surface area contributed by atoms with Gasteiger partial charge >= 0.3 is 5.97 Å². The van der Waals surface area contributed by atoms with Gasteiger partial charge in [0.1, 0.15) is 12.1 Å². The highest BCUT2D eigenvalue weighted by atomic mass is 32.2. The van der Waals surface area contributed by atoms with Gasteiger partial charge < -0.3 is 10.5 Å². The lowest BCUT2D eigenvalue weighted by atomic mass is 10.3. The smallest absolute Gasteiger partial charge is 0.360 e. The van der Waals surface area contributed by atoms with Crippen LogP contribution in [0.5, 0.6) is 0 Å². The third-order valence-corrected chi connectivity index (χ3v) is 3.37. The minimum Gasteiger partial charge on any atom is -0.461 e. The van der Waals surface area contributed by atoms with Gasteiger partial charge in [0.15, 0.2) is 5.69 Å². The fourth-order valence-corrected chi connectivity index (χ4v) is 2.07. The SMILES string of the molecule is CCOC(=O)c1ncn(-c2ccc(SC)cc2)c1N. The minimum absolute atomic E-state index is 0.149. The van der Waals surface area contributed by atoms with Gasteiger partial charge in [-0.1, -0.05) is 0 Å². The Morgan fingerprint density at radius 3 is 2.68 bits per heavy atom. The number of aromatic nitrogens is 2. The maximum absolute atomic E-state index is 11.6. The molecule has 0 unspecified atom stereocenters. The van der Waals surface area contributed by atoms with Gasteiger partial charge in [-0.2, -0.15) is 0 Å². The van der Waals surface area contributed by atoms with E-state index in [4.69, 9.17) is 10.5 Å². The molecule has 2 aromatic rings. The molecule has 0 saturated carbocycles. The molecule has 1 aromatic heterocycles. The zero-order valence-electron chi connectivity index (χ0n) is 10.8. The summed E-state index contributed by atoms with van der Waals surface area (Å²) in [5.41, 5.74) is 6.94. The zero-order chi connectivity index (χ0) is 13.8. The zero-order valence-corrected chi connectivity index (χ0v) is 11.6. The average molecular weight is 277 g/mol. The van der Waals surface area contributed by atoms with Gasteiger partial charge in [-0.05, 0) is 37.4 Å². The number of rotatable bonds is 4. The van der Waals surface area contributed by atoms with Crippen molar-refractivity contribution >= 4 is 23.5 Å². The summed E-state index contributed by atoms with van der Waals surface area (Å²) < 4.78 is 6.56. The number of nitrogens with zero attached hydrogens (tertiary/aromatic N) is 2. The van der Waals surface area contributed by atoms with E-state index in [9.17, 15) is 4.79 Å². The molecule has 0 spiro atoms. The molecule has 19 heavy (non-hydrogen) atoms. The first kappa shape index (κ1) is 13.5. The molecule has 2 N–H and O–H groups in total. The number of carbonyl (C=O) groups excluding carboxylic acids is 1. The maximum Gasteiger partial charge on any atom is 0.360 e. The maximum atomic E-state index is 11.6. The van der Waals surface area contributed by atoms with Crippen LogP contribution < -0.4 is 5.73 Å². The van der Waals surface area contributed by atoms with Gasteiger partial charge in [0.05, 0.1) is 6.61 Å². The molecule has 0 atom stereocenters. The molecule has 0 aliphatic heterocycles. The largest absolute Gasteiger partial charge is 0.461 e. The second kappa shape index (κ2) is 5.79. The number of benzene rings is 1. The van der Waals surface area contributed by atoms with Gasteiger partial charge in [-0.25, -0.2) is 9.78 Å². The number of nitrogens with two attached hydrogens (primary N) is 1. The Kier molecular flexibility index (Phi) is 4.11. The van der Waals surface area contributed by atoms with Crippen molar-refractivity contribution in [2.75, 3.05) is 18.6 Å². The van der Waals surface area contributed by atoms with Gasteiger partial charge in [0.2, 0.25) is 0 Å². The summed E-state index contributed by atoms with van der Waals surface area (Å²) in [5, 5.41) is 0. The van der Waals surface area contributed by atoms with E-state index in [-0.39, 0.29) is 11.5 Å². The number of hydrogen-bond donors (Lipinski definition) is 1. The van der Waals surface area contributed by atoms with E-state index >= 15 is 0 Å². The lowest BCUT2D eigenvalue weighted by Crippen LogP contribution is -2.09. The third-order valence-electron chi connectivity index (χ3n) is 2.62. The average Bonchev–Trinajstić information content (AvgIpc) is 2.81. The molecule has 1 aromatic carbocycles. The molecular formula is C13H15N3O2S. The van der Waals surface area contributed by atoms with Crippen LogP contribution in [0.1, 0.15) is 17.4 Å². The summed E-state index contributed by atoms with van der Waals surface area (Å²) >= 11 is 1.66. The van der Waals surface area contributed by atoms with Crippen molar-refractivity contribution in [3.8, 4) is 5.69 Å². The molecule has 5 nitrogen and oxygen atoms in total. The van der Waals surface area contributed by atoms with Crippen LogP contribution in [0.3, 0.4) is 0 Å². The summed E-state index contributed by atoms with van der Waals surface area (Å²) in [5.74, 6) is -0.213. The van der Waals surface area contributed by atoms with Crippen LogP contribution in [0.25, 0.3) is 5.69 Å². The van der Waals surface area contributed by atoms with Gasteiger partial charge in [-0.3, -0.25) is 4.57 Å². The topological polar surface area (TPSA) is 70.1 Å². The van der Waals surface area contributed by atoms with Crippen LogP contribution in [-0.2, 0) is 4.74 Å². The van der Waals surface area contributed by atoms with Crippen molar-refractivity contribution < 1.29 is 9.53 Å². The molecule has 0 aliphatic carbocycles. The number of nitrogen functional groups attached to an aromatic ring is 1. The Hall–Kier alpha value is -1.95. The van der Waals surface area contributed by atoms with Crippen LogP contribution in [0.15, 0.2) is 35.5 Å². The molecule has 0 bridgehead atoms. The highest BCUT2D eigenvalue weighted by molar-refractivity contribution is 7.98. The molecule has 0 fully saturated rings. The monoisotopic (exact) mass is 277 g/mol. The molecule has 0 radical (unpaired) electrons. The van der Waals surface area contributed by atoms with Crippen LogP contribution >= 0.6 is 11.8 Å². The van der Waals surface area contributed by atoms with E-state index < -0.39 is 5.97 Å². The lowest BCUT2D eigenvalue weighted by molar-refractivity contribution is 0.0521.